The Morgan fingerprint density at radius 1 is 1.35 bits per heavy atom. The van der Waals surface area contributed by atoms with Crippen LogP contribution in [-0.4, -0.2) is 41.9 Å². The molecule has 0 saturated heterocycles. The molecule has 0 fully saturated rings. The number of benzene rings is 1. The van der Waals surface area contributed by atoms with E-state index in [-0.39, 0.29) is 29.8 Å². The molecule has 0 radical (unpaired) electrons. The molecular formula is C23H21FN8O2. The van der Waals surface area contributed by atoms with E-state index in [1.165, 1.54) is 27.9 Å². The highest BCUT2D eigenvalue weighted by Crippen LogP contribution is 2.36. The summed E-state index contributed by atoms with van der Waals surface area (Å²) >= 11 is 0. The van der Waals surface area contributed by atoms with Gasteiger partial charge in [0.1, 0.15) is 35.1 Å². The number of nitriles is 1. The van der Waals surface area contributed by atoms with Gasteiger partial charge in [-0.05, 0) is 39.0 Å². The Kier molecular flexibility index (Phi) is 4.65. The number of amides is 1. The third kappa shape index (κ3) is 3.18. The maximum atomic E-state index is 14.3. The fourth-order valence-electron chi connectivity index (χ4n) is 4.28. The average Bonchev–Trinajstić information content (AvgIpc) is 3.22. The first-order valence-electron chi connectivity index (χ1n) is 10.6. The number of nitrogens with two attached hydrogens (primary N) is 1. The SMILES string of the molecule is C[C@H]1Oc2nc(cnc2N)-c2c(nn(C)c2C#N)CN2C(=O)C(C)(C)N=C2c2ccc(F)cc21. The van der Waals surface area contributed by atoms with E-state index in [0.29, 0.717) is 33.9 Å². The molecule has 3 aromatic rings. The number of nitrogen functional groups attached to an aromatic ring is 1. The minimum absolute atomic E-state index is 0.0272. The van der Waals surface area contributed by atoms with Crippen LogP contribution in [0.2, 0.25) is 0 Å². The second kappa shape index (κ2) is 7.34. The summed E-state index contributed by atoms with van der Waals surface area (Å²) in [5, 5.41) is 14.3. The number of aliphatic imine (C=N–C) groups is 1. The Morgan fingerprint density at radius 3 is 2.85 bits per heavy atom. The Balaban J connectivity index is 1.82. The number of aromatic nitrogens is 4. The summed E-state index contributed by atoms with van der Waals surface area (Å²) in [6.07, 6.45) is 0.724. The van der Waals surface area contributed by atoms with Gasteiger partial charge in [-0.1, -0.05) is 0 Å². The lowest BCUT2D eigenvalue weighted by Gasteiger charge is -2.24. The van der Waals surface area contributed by atoms with Gasteiger partial charge in [-0.2, -0.15) is 10.4 Å². The molecule has 172 valence electrons. The fourth-order valence-corrected chi connectivity index (χ4v) is 4.28. The molecule has 1 aromatic carbocycles. The molecule has 10 nitrogen and oxygen atoms in total. The van der Waals surface area contributed by atoms with E-state index in [1.54, 1.807) is 33.9 Å². The molecule has 0 aliphatic carbocycles. The highest BCUT2D eigenvalue weighted by atomic mass is 19.1. The third-order valence-corrected chi connectivity index (χ3v) is 5.95. The van der Waals surface area contributed by atoms with E-state index >= 15 is 0 Å². The van der Waals surface area contributed by atoms with Crippen LogP contribution in [0, 0.1) is 17.1 Å². The van der Waals surface area contributed by atoms with Crippen molar-refractivity contribution in [3.63, 3.8) is 0 Å². The van der Waals surface area contributed by atoms with Crippen LogP contribution in [0.1, 0.15) is 49.4 Å². The number of nitrogens with zero attached hydrogens (tertiary/aromatic N) is 7. The quantitative estimate of drug-likeness (QED) is 0.544. The zero-order valence-corrected chi connectivity index (χ0v) is 19.0. The zero-order valence-electron chi connectivity index (χ0n) is 19.0. The van der Waals surface area contributed by atoms with Crippen molar-refractivity contribution in [2.45, 2.75) is 39.0 Å². The molecule has 1 atom stereocenters. The molecule has 2 N–H and O–H groups in total. The van der Waals surface area contributed by atoms with Gasteiger partial charge in [-0.3, -0.25) is 19.4 Å². The predicted molar refractivity (Wildman–Crippen MR) is 120 cm³/mol. The molecule has 4 heterocycles. The number of hydrogen-bond donors (Lipinski definition) is 1. The summed E-state index contributed by atoms with van der Waals surface area (Å²) < 4.78 is 21.8. The third-order valence-electron chi connectivity index (χ3n) is 5.95. The van der Waals surface area contributed by atoms with Gasteiger partial charge in [0.2, 0.25) is 0 Å². The minimum atomic E-state index is -1.04. The molecule has 5 rings (SSSR count). The molecule has 0 unspecified atom stereocenters. The largest absolute Gasteiger partial charge is 0.467 e. The number of amidine groups is 1. The molecular weight excluding hydrogens is 439 g/mol. The van der Waals surface area contributed by atoms with Crippen LogP contribution in [0.4, 0.5) is 10.2 Å². The summed E-state index contributed by atoms with van der Waals surface area (Å²) in [7, 11) is 1.64. The average molecular weight is 460 g/mol. The monoisotopic (exact) mass is 460 g/mol. The van der Waals surface area contributed by atoms with Crippen molar-refractivity contribution in [1.29, 1.82) is 5.26 Å². The number of fused-ring (bicyclic) bond motifs is 7. The number of carbonyl (C=O) groups is 1. The maximum absolute atomic E-state index is 14.3. The number of hydrogen-bond acceptors (Lipinski definition) is 8. The first-order chi connectivity index (χ1) is 16.1. The second-order valence-corrected chi connectivity index (χ2v) is 8.73. The molecule has 2 aliphatic heterocycles. The van der Waals surface area contributed by atoms with Crippen LogP contribution in [0.3, 0.4) is 0 Å². The van der Waals surface area contributed by atoms with E-state index in [1.807, 2.05) is 0 Å². The minimum Gasteiger partial charge on any atom is -0.467 e. The molecule has 0 saturated carbocycles. The number of anilines is 1. The molecule has 11 heteroatoms. The van der Waals surface area contributed by atoms with E-state index in [2.05, 4.69) is 26.1 Å². The van der Waals surface area contributed by atoms with Crippen LogP contribution in [0.5, 0.6) is 5.88 Å². The van der Waals surface area contributed by atoms with Crippen molar-refractivity contribution >= 4 is 17.6 Å². The smallest absolute Gasteiger partial charge is 0.258 e. The maximum Gasteiger partial charge on any atom is 0.258 e. The molecule has 2 bridgehead atoms. The Bertz CT molecular complexity index is 1440. The van der Waals surface area contributed by atoms with Gasteiger partial charge in [0.05, 0.1) is 29.7 Å². The summed E-state index contributed by atoms with van der Waals surface area (Å²) in [5.41, 5.74) is 7.41. The lowest BCUT2D eigenvalue weighted by atomic mass is 10.0. The second-order valence-electron chi connectivity index (χ2n) is 8.73. The van der Waals surface area contributed by atoms with Crippen molar-refractivity contribution in [1.82, 2.24) is 24.6 Å². The van der Waals surface area contributed by atoms with E-state index in [0.717, 1.165) is 0 Å². The van der Waals surface area contributed by atoms with Gasteiger partial charge in [-0.15, -0.1) is 0 Å². The topological polar surface area (TPSA) is 135 Å². The van der Waals surface area contributed by atoms with E-state index in [4.69, 9.17) is 10.5 Å². The zero-order chi connectivity index (χ0) is 24.4. The first kappa shape index (κ1) is 21.5. The fraction of sp³-hybridized carbons (Fsp3) is 0.304. The summed E-state index contributed by atoms with van der Waals surface area (Å²) in [6, 6.07) is 6.37. The van der Waals surface area contributed by atoms with Crippen molar-refractivity contribution in [2.75, 3.05) is 5.73 Å². The van der Waals surface area contributed by atoms with Gasteiger partial charge < -0.3 is 10.5 Å². The predicted octanol–water partition coefficient (Wildman–Crippen LogP) is 2.49. The first-order valence-corrected chi connectivity index (χ1v) is 10.6. The van der Waals surface area contributed by atoms with E-state index < -0.39 is 17.5 Å². The van der Waals surface area contributed by atoms with Crippen LogP contribution < -0.4 is 10.5 Å². The van der Waals surface area contributed by atoms with Crippen molar-refractivity contribution < 1.29 is 13.9 Å². The number of halogens is 1. The molecule has 2 aliphatic rings. The number of carbonyl (C=O) groups excluding carboxylic acids is 1. The summed E-state index contributed by atoms with van der Waals surface area (Å²) in [6.45, 7) is 5.18. The van der Waals surface area contributed by atoms with Crippen LogP contribution in [-0.2, 0) is 18.4 Å². The lowest BCUT2D eigenvalue weighted by Crippen LogP contribution is -2.39. The molecule has 1 amide bonds. The van der Waals surface area contributed by atoms with Crippen LogP contribution >= 0.6 is 0 Å². The number of ether oxygens (including phenoxy) is 1. The summed E-state index contributed by atoms with van der Waals surface area (Å²) in [4.78, 5) is 28.3. The highest BCUT2D eigenvalue weighted by molar-refractivity contribution is 6.15. The van der Waals surface area contributed by atoms with Crippen molar-refractivity contribution in [3.05, 3.63) is 52.7 Å². The Labute approximate surface area is 194 Å². The van der Waals surface area contributed by atoms with Gasteiger partial charge in [0.15, 0.2) is 5.82 Å². The van der Waals surface area contributed by atoms with Gasteiger partial charge >= 0.3 is 0 Å². The van der Waals surface area contributed by atoms with Gasteiger partial charge in [0, 0.05) is 18.2 Å². The lowest BCUT2D eigenvalue weighted by molar-refractivity contribution is -0.130. The van der Waals surface area contributed by atoms with Crippen molar-refractivity contribution in [3.8, 4) is 23.2 Å². The van der Waals surface area contributed by atoms with Gasteiger partial charge in [-0.25, -0.2) is 14.4 Å². The van der Waals surface area contributed by atoms with Crippen LogP contribution in [0.15, 0.2) is 29.4 Å². The summed E-state index contributed by atoms with van der Waals surface area (Å²) in [5.74, 6) is -0.247. The van der Waals surface area contributed by atoms with Gasteiger partial charge in [0.25, 0.3) is 11.8 Å². The molecule has 0 spiro atoms. The van der Waals surface area contributed by atoms with Crippen molar-refractivity contribution in [2.24, 2.45) is 12.0 Å². The Hall–Kier alpha value is -4.33. The highest BCUT2D eigenvalue weighted by Gasteiger charge is 2.43. The normalized spacial score (nSPS) is 18.5. The van der Waals surface area contributed by atoms with E-state index in [9.17, 15) is 14.4 Å². The number of rotatable bonds is 0. The number of aryl methyl sites for hydroxylation is 1. The molecule has 34 heavy (non-hydrogen) atoms. The Morgan fingerprint density at radius 2 is 2.12 bits per heavy atom. The molecule has 2 aromatic heterocycles. The standard InChI is InChI=1S/C23H21FN8O2/c1-11-14-7-12(24)5-6-13(14)20-29-23(2,3)22(33)32(20)10-16-18(17(8-25)31(4)30-16)15-9-27-19(26)21(28-15)34-11/h5-7,9,11H,10H2,1-4H3,(H2,26,27)/t11-/m1/s1. The van der Waals surface area contributed by atoms with Crippen LogP contribution in [0.25, 0.3) is 11.3 Å².